The molecule has 6 nitrogen and oxygen atoms in total. The lowest BCUT2D eigenvalue weighted by atomic mass is 10.0. The molecule has 0 aliphatic carbocycles. The van der Waals surface area contributed by atoms with E-state index in [9.17, 15) is 19.8 Å². The number of hydrogen-bond donors (Lipinski definition) is 3. The molecular weight excluding hydrogens is 767 g/mol. The molecule has 0 fully saturated rings. The lowest BCUT2D eigenvalue weighted by Crippen LogP contribution is -2.46. The van der Waals surface area contributed by atoms with Crippen LogP contribution in [0.2, 0.25) is 0 Å². The van der Waals surface area contributed by atoms with Gasteiger partial charge in [-0.1, -0.05) is 216 Å². The molecule has 0 rings (SSSR count). The van der Waals surface area contributed by atoms with Gasteiger partial charge < -0.3 is 20.3 Å². The molecule has 3 N–H and O–H groups in total. The van der Waals surface area contributed by atoms with Crippen LogP contribution in [0.4, 0.5) is 0 Å². The van der Waals surface area contributed by atoms with E-state index < -0.39 is 18.2 Å². The van der Waals surface area contributed by atoms with Gasteiger partial charge in [0, 0.05) is 6.42 Å². The molecule has 6 heteroatoms. The second kappa shape index (κ2) is 49.3. The molecule has 0 radical (unpaired) electrons. The number of carbonyl (C=O) groups excluding carboxylic acids is 2. The van der Waals surface area contributed by atoms with Crippen LogP contribution in [0.15, 0.2) is 72.9 Å². The van der Waals surface area contributed by atoms with Gasteiger partial charge in [-0.25, -0.2) is 0 Å². The summed E-state index contributed by atoms with van der Waals surface area (Å²) in [7, 11) is 0. The van der Waals surface area contributed by atoms with Crippen molar-refractivity contribution in [3.8, 4) is 0 Å². The topological polar surface area (TPSA) is 95.9 Å². The van der Waals surface area contributed by atoms with E-state index in [0.717, 1.165) is 122 Å². The van der Waals surface area contributed by atoms with Gasteiger partial charge in [0.05, 0.1) is 25.2 Å². The minimum Gasteiger partial charge on any atom is -0.462 e. The third-order valence-corrected chi connectivity index (χ3v) is 11.5. The van der Waals surface area contributed by atoms with Gasteiger partial charge in [-0.2, -0.15) is 0 Å². The molecule has 0 aliphatic heterocycles. The first kappa shape index (κ1) is 59.3. The molecule has 0 aromatic rings. The van der Waals surface area contributed by atoms with E-state index in [1.54, 1.807) is 0 Å². The Morgan fingerprint density at radius 3 is 1.32 bits per heavy atom. The number of carbonyl (C=O) groups is 2. The number of nitrogens with one attached hydrogen (secondary N) is 1. The minimum atomic E-state index is -0.801. The highest BCUT2D eigenvalue weighted by Crippen LogP contribution is 2.17. The second-order valence-corrected chi connectivity index (χ2v) is 17.5. The Bertz CT molecular complexity index is 1150. The van der Waals surface area contributed by atoms with Crippen LogP contribution < -0.4 is 5.32 Å². The first-order valence-corrected chi connectivity index (χ1v) is 26.2. The van der Waals surface area contributed by atoms with Crippen LogP contribution in [-0.4, -0.2) is 46.9 Å². The van der Waals surface area contributed by atoms with Crippen molar-refractivity contribution >= 4 is 11.9 Å². The highest BCUT2D eigenvalue weighted by molar-refractivity contribution is 5.77. The summed E-state index contributed by atoms with van der Waals surface area (Å²) in [5.41, 5.74) is 0. The maximum Gasteiger partial charge on any atom is 0.306 e. The summed E-state index contributed by atoms with van der Waals surface area (Å²) in [6, 6.07) is -0.716. The van der Waals surface area contributed by atoms with Crippen LogP contribution in [0, 0.1) is 0 Å². The predicted octanol–water partition coefficient (Wildman–Crippen LogP) is 15.8. The van der Waals surface area contributed by atoms with Gasteiger partial charge in [0.1, 0.15) is 6.10 Å². The zero-order valence-corrected chi connectivity index (χ0v) is 40.7. The molecule has 0 heterocycles. The fourth-order valence-corrected chi connectivity index (χ4v) is 7.64. The summed E-state index contributed by atoms with van der Waals surface area (Å²) in [5, 5.41) is 23.8. The number of esters is 1. The number of unbranched alkanes of at least 4 members (excludes halogenated alkanes) is 22. The lowest BCUT2D eigenvalue weighted by molar-refractivity contribution is -0.151. The number of allylic oxidation sites excluding steroid dienone is 12. The van der Waals surface area contributed by atoms with Gasteiger partial charge in [-0.3, -0.25) is 9.59 Å². The highest BCUT2D eigenvalue weighted by atomic mass is 16.5. The van der Waals surface area contributed by atoms with E-state index in [1.165, 1.54) is 77.0 Å². The van der Waals surface area contributed by atoms with Crippen molar-refractivity contribution in [2.24, 2.45) is 0 Å². The molecule has 0 saturated heterocycles. The Morgan fingerprint density at radius 1 is 0.484 bits per heavy atom. The normalized spacial score (nSPS) is 13.8. The van der Waals surface area contributed by atoms with Gasteiger partial charge in [0.25, 0.3) is 0 Å². The van der Waals surface area contributed by atoms with E-state index in [-0.39, 0.29) is 24.9 Å². The van der Waals surface area contributed by atoms with Crippen LogP contribution in [0.25, 0.3) is 0 Å². The molecule has 1 amide bonds. The molecule has 0 aromatic heterocycles. The number of ether oxygens (including phenoxy) is 1. The molecule has 0 saturated carbocycles. The van der Waals surface area contributed by atoms with Crippen LogP contribution in [-0.2, 0) is 14.3 Å². The Hall–Kier alpha value is -2.70. The molecule has 3 atom stereocenters. The van der Waals surface area contributed by atoms with E-state index in [4.69, 9.17) is 4.74 Å². The van der Waals surface area contributed by atoms with E-state index in [0.29, 0.717) is 19.3 Å². The largest absolute Gasteiger partial charge is 0.462 e. The van der Waals surface area contributed by atoms with E-state index in [1.807, 2.05) is 0 Å². The summed E-state index contributed by atoms with van der Waals surface area (Å²) in [6.45, 7) is 6.25. The summed E-state index contributed by atoms with van der Waals surface area (Å²) in [6.07, 6.45) is 62.5. The smallest absolute Gasteiger partial charge is 0.306 e. The van der Waals surface area contributed by atoms with Crippen molar-refractivity contribution in [1.29, 1.82) is 0 Å². The van der Waals surface area contributed by atoms with Gasteiger partial charge in [-0.05, 0) is 89.9 Å². The van der Waals surface area contributed by atoms with Crippen molar-refractivity contribution < 1.29 is 24.5 Å². The van der Waals surface area contributed by atoms with Crippen LogP contribution in [0.3, 0.4) is 0 Å². The quantitative estimate of drug-likeness (QED) is 0.0322. The van der Waals surface area contributed by atoms with Gasteiger partial charge in [0.15, 0.2) is 0 Å². The zero-order valence-electron chi connectivity index (χ0n) is 40.7. The first-order chi connectivity index (χ1) is 30.5. The molecule has 358 valence electrons. The van der Waals surface area contributed by atoms with Crippen molar-refractivity contribution in [2.45, 2.75) is 264 Å². The fourth-order valence-electron chi connectivity index (χ4n) is 7.64. The number of aliphatic hydroxyl groups is 2. The van der Waals surface area contributed by atoms with Crippen LogP contribution in [0.5, 0.6) is 0 Å². The number of amides is 1. The average Bonchev–Trinajstić information content (AvgIpc) is 3.26. The maximum absolute atomic E-state index is 13.2. The Balaban J connectivity index is 4.63. The molecule has 0 aromatic carbocycles. The van der Waals surface area contributed by atoms with Crippen LogP contribution in [0.1, 0.15) is 245 Å². The third kappa shape index (κ3) is 43.9. The Kier molecular flexibility index (Phi) is 47.2. The number of hydrogen-bond acceptors (Lipinski definition) is 5. The minimum absolute atomic E-state index is 0.0510. The van der Waals surface area contributed by atoms with Gasteiger partial charge in [0.2, 0.25) is 5.91 Å². The number of aliphatic hydroxyl groups excluding tert-OH is 2. The van der Waals surface area contributed by atoms with Crippen molar-refractivity contribution in [3.63, 3.8) is 0 Å². The first-order valence-electron chi connectivity index (χ1n) is 26.2. The molecule has 0 spiro atoms. The Morgan fingerprint density at radius 2 is 0.871 bits per heavy atom. The average molecular weight is 866 g/mol. The summed E-state index contributed by atoms with van der Waals surface area (Å²) in [5.74, 6) is -0.523. The predicted molar refractivity (Wildman–Crippen MR) is 268 cm³/mol. The van der Waals surface area contributed by atoms with E-state index in [2.05, 4.69) is 99.0 Å². The molecule has 0 aliphatic rings. The maximum atomic E-state index is 13.2. The fraction of sp³-hybridized carbons (Fsp3) is 0.750. The summed E-state index contributed by atoms with van der Waals surface area (Å²) < 4.78 is 5.92. The van der Waals surface area contributed by atoms with Crippen molar-refractivity contribution in [1.82, 2.24) is 5.32 Å². The zero-order chi connectivity index (χ0) is 45.2. The van der Waals surface area contributed by atoms with Crippen molar-refractivity contribution in [2.75, 3.05) is 6.61 Å². The third-order valence-electron chi connectivity index (χ3n) is 11.5. The molecular formula is C56H99NO5. The monoisotopic (exact) mass is 866 g/mol. The molecule has 0 bridgehead atoms. The Labute approximate surface area is 383 Å². The summed E-state index contributed by atoms with van der Waals surface area (Å²) >= 11 is 0. The van der Waals surface area contributed by atoms with Gasteiger partial charge >= 0.3 is 5.97 Å². The van der Waals surface area contributed by atoms with Crippen LogP contribution >= 0.6 is 0 Å². The molecule has 62 heavy (non-hydrogen) atoms. The number of rotatable bonds is 46. The van der Waals surface area contributed by atoms with E-state index >= 15 is 0 Å². The second-order valence-electron chi connectivity index (χ2n) is 17.5. The lowest BCUT2D eigenvalue weighted by Gasteiger charge is -2.24. The van der Waals surface area contributed by atoms with Gasteiger partial charge in [-0.15, -0.1) is 0 Å². The van der Waals surface area contributed by atoms with Crippen molar-refractivity contribution in [3.05, 3.63) is 72.9 Å². The SMILES string of the molecule is CC/C=C/C/C=C/C/C=C/CCCCCCC(=O)OC(CCCCCC/C=C/C/C=C/C/C=C/CC)CC(=O)NC(CO)C(O)CCCCCCCCCCCCCCCCC. The summed E-state index contributed by atoms with van der Waals surface area (Å²) in [4.78, 5) is 26.2. The standard InChI is InChI=1S/C56H99NO5/c1-4-7-10-13-16-19-22-25-28-30-33-36-39-42-45-48-54(59)53(51-58)57-55(60)50-52(47-44-41-38-35-32-29-26-23-20-17-14-11-8-5-2)62-56(61)49-46-43-40-37-34-31-27-24-21-18-15-12-9-6-3/h8-9,11-12,17-18,20-21,26-27,29,31,52-54,58-59H,4-7,10,13-16,19,22-25,28,30,32-51H2,1-3H3,(H,57,60)/b11-8+,12-9+,20-17+,21-18+,29-26+,31-27+. The highest BCUT2D eigenvalue weighted by Gasteiger charge is 2.24. The molecule has 3 unspecified atom stereocenters.